The first-order valence-corrected chi connectivity index (χ1v) is 5.84. The second-order valence-corrected chi connectivity index (χ2v) is 4.23. The molecule has 0 saturated heterocycles. The summed E-state index contributed by atoms with van der Waals surface area (Å²) in [6.45, 7) is 3.72. The highest BCUT2D eigenvalue weighted by atomic mass is 19.4. The van der Waals surface area contributed by atoms with Gasteiger partial charge in [0.15, 0.2) is 6.10 Å². The third-order valence-electron chi connectivity index (χ3n) is 2.73. The molecule has 0 bridgehead atoms. The lowest BCUT2D eigenvalue weighted by Gasteiger charge is -2.14. The predicted molar refractivity (Wildman–Crippen MR) is 61.0 cm³/mol. The number of aliphatic hydroxyl groups is 1. The van der Waals surface area contributed by atoms with Gasteiger partial charge in [0.05, 0.1) is 5.69 Å². The van der Waals surface area contributed by atoms with Crippen LogP contribution in [0.3, 0.4) is 0 Å². The summed E-state index contributed by atoms with van der Waals surface area (Å²) in [4.78, 5) is 0. The third-order valence-corrected chi connectivity index (χ3v) is 2.73. The topological polar surface area (TPSA) is 50.1 Å². The van der Waals surface area contributed by atoms with Gasteiger partial charge >= 0.3 is 6.18 Å². The van der Waals surface area contributed by atoms with Crippen molar-refractivity contribution in [3.63, 3.8) is 0 Å². The summed E-state index contributed by atoms with van der Waals surface area (Å²) in [6.07, 6.45) is -4.19. The summed E-state index contributed by atoms with van der Waals surface area (Å²) in [5.74, 6) is 0. The Morgan fingerprint density at radius 1 is 1.50 bits per heavy atom. The van der Waals surface area contributed by atoms with Gasteiger partial charge in [-0.1, -0.05) is 6.92 Å². The van der Waals surface area contributed by atoms with Crippen LogP contribution in [-0.2, 0) is 6.54 Å². The fraction of sp³-hybridized carbons (Fsp3) is 0.727. The van der Waals surface area contributed by atoms with E-state index in [9.17, 15) is 13.2 Å². The molecule has 7 heteroatoms. The van der Waals surface area contributed by atoms with Gasteiger partial charge in [-0.15, -0.1) is 0 Å². The largest absolute Gasteiger partial charge is 0.415 e. The second-order valence-electron chi connectivity index (χ2n) is 4.23. The molecule has 2 atom stereocenters. The van der Waals surface area contributed by atoms with Crippen molar-refractivity contribution < 1.29 is 18.3 Å². The molecule has 2 unspecified atom stereocenters. The lowest BCUT2D eigenvalue weighted by molar-refractivity contribution is -0.201. The number of alkyl halides is 3. The smallest absolute Gasteiger partial charge is 0.382 e. The Morgan fingerprint density at radius 2 is 2.17 bits per heavy atom. The van der Waals surface area contributed by atoms with E-state index in [0.29, 0.717) is 5.69 Å². The van der Waals surface area contributed by atoms with Crippen molar-refractivity contribution in [2.24, 2.45) is 0 Å². The quantitative estimate of drug-likeness (QED) is 0.825. The van der Waals surface area contributed by atoms with Gasteiger partial charge in [0.25, 0.3) is 0 Å². The van der Waals surface area contributed by atoms with Crippen molar-refractivity contribution in [1.82, 2.24) is 15.1 Å². The lowest BCUT2D eigenvalue weighted by Crippen LogP contribution is -2.38. The maximum atomic E-state index is 12.0. The second kappa shape index (κ2) is 6.19. The van der Waals surface area contributed by atoms with Crippen LogP contribution in [0.15, 0.2) is 12.3 Å². The molecule has 1 aromatic rings. The van der Waals surface area contributed by atoms with Crippen LogP contribution in [0.5, 0.6) is 0 Å². The first-order valence-electron chi connectivity index (χ1n) is 5.84. The van der Waals surface area contributed by atoms with Gasteiger partial charge in [-0.25, -0.2) is 0 Å². The van der Waals surface area contributed by atoms with Crippen LogP contribution in [0.1, 0.15) is 32.0 Å². The Balaban J connectivity index is 2.38. The molecule has 0 saturated carbocycles. The Morgan fingerprint density at radius 3 is 2.72 bits per heavy atom. The normalized spacial score (nSPS) is 15.7. The van der Waals surface area contributed by atoms with Gasteiger partial charge in [-0.05, 0) is 19.4 Å². The number of nitrogens with one attached hydrogen (secondary N) is 1. The van der Waals surface area contributed by atoms with Crippen LogP contribution in [0, 0.1) is 0 Å². The molecular weight excluding hydrogens is 247 g/mol. The van der Waals surface area contributed by atoms with Crippen molar-refractivity contribution in [3.05, 3.63) is 18.0 Å². The minimum Gasteiger partial charge on any atom is -0.382 e. The fourth-order valence-corrected chi connectivity index (χ4v) is 1.36. The van der Waals surface area contributed by atoms with E-state index < -0.39 is 18.8 Å². The van der Waals surface area contributed by atoms with E-state index in [1.165, 1.54) is 0 Å². The highest BCUT2D eigenvalue weighted by molar-refractivity contribution is 4.99. The molecule has 1 heterocycles. The van der Waals surface area contributed by atoms with E-state index in [-0.39, 0.29) is 12.6 Å². The molecule has 4 nitrogen and oxygen atoms in total. The maximum Gasteiger partial charge on any atom is 0.415 e. The number of hydrogen-bond acceptors (Lipinski definition) is 3. The highest BCUT2D eigenvalue weighted by Gasteiger charge is 2.37. The van der Waals surface area contributed by atoms with Gasteiger partial charge in [-0.3, -0.25) is 4.68 Å². The Labute approximate surface area is 104 Å². The van der Waals surface area contributed by atoms with Crippen LogP contribution in [-0.4, -0.2) is 33.7 Å². The van der Waals surface area contributed by atoms with Crippen molar-refractivity contribution in [1.29, 1.82) is 0 Å². The zero-order chi connectivity index (χ0) is 13.8. The molecule has 0 fully saturated rings. The highest BCUT2D eigenvalue weighted by Crippen LogP contribution is 2.19. The fourth-order valence-electron chi connectivity index (χ4n) is 1.36. The molecular formula is C11H18F3N3O. The van der Waals surface area contributed by atoms with Crippen LogP contribution in [0.2, 0.25) is 0 Å². The van der Waals surface area contributed by atoms with Crippen LogP contribution >= 0.6 is 0 Å². The monoisotopic (exact) mass is 265 g/mol. The number of rotatable bonds is 6. The molecule has 0 radical (unpaired) electrons. The van der Waals surface area contributed by atoms with Crippen LogP contribution < -0.4 is 5.32 Å². The first-order chi connectivity index (χ1) is 8.34. The molecule has 0 spiro atoms. The summed E-state index contributed by atoms with van der Waals surface area (Å²) in [5, 5.41) is 15.5. The number of halogens is 3. The van der Waals surface area contributed by atoms with Gasteiger partial charge < -0.3 is 10.4 Å². The van der Waals surface area contributed by atoms with Crippen molar-refractivity contribution in [3.8, 4) is 0 Å². The number of aliphatic hydroxyl groups excluding tert-OH is 1. The number of aromatic nitrogens is 2. The Kier molecular flexibility index (Phi) is 5.15. The molecule has 0 aliphatic rings. The Bertz CT molecular complexity index is 365. The van der Waals surface area contributed by atoms with E-state index in [2.05, 4.69) is 10.4 Å². The summed E-state index contributed by atoms with van der Waals surface area (Å²) in [6, 6.07) is 2.01. The maximum absolute atomic E-state index is 12.0. The van der Waals surface area contributed by atoms with Gasteiger partial charge in [0.1, 0.15) is 0 Å². The molecule has 0 aliphatic heterocycles. The summed E-state index contributed by atoms with van der Waals surface area (Å²) < 4.78 is 37.8. The van der Waals surface area contributed by atoms with E-state index in [1.807, 2.05) is 13.8 Å². The molecule has 0 amide bonds. The van der Waals surface area contributed by atoms with Crippen molar-refractivity contribution in [2.45, 2.75) is 45.1 Å². The van der Waals surface area contributed by atoms with E-state index in [4.69, 9.17) is 5.11 Å². The summed E-state index contributed by atoms with van der Waals surface area (Å²) in [5.41, 5.74) is 0.657. The van der Waals surface area contributed by atoms with E-state index >= 15 is 0 Å². The number of hydrogen-bond donors (Lipinski definition) is 2. The Hall–Kier alpha value is -1.08. The lowest BCUT2D eigenvalue weighted by atomic mass is 10.3. The number of nitrogens with zero attached hydrogens (tertiary/aromatic N) is 2. The minimum atomic E-state index is -4.58. The zero-order valence-electron chi connectivity index (χ0n) is 10.4. The molecule has 0 aromatic carbocycles. The summed E-state index contributed by atoms with van der Waals surface area (Å²) >= 11 is 0. The average molecular weight is 265 g/mol. The molecule has 0 aliphatic carbocycles. The molecule has 1 aromatic heterocycles. The van der Waals surface area contributed by atoms with Crippen LogP contribution in [0.25, 0.3) is 0 Å². The van der Waals surface area contributed by atoms with Crippen molar-refractivity contribution >= 4 is 0 Å². The molecule has 1 rings (SSSR count). The van der Waals surface area contributed by atoms with Gasteiger partial charge in [-0.2, -0.15) is 18.3 Å². The predicted octanol–water partition coefficient (Wildman–Crippen LogP) is 1.87. The third kappa shape index (κ3) is 4.30. The minimum absolute atomic E-state index is 0.205. The van der Waals surface area contributed by atoms with E-state index in [1.54, 1.807) is 16.9 Å². The van der Waals surface area contributed by atoms with Gasteiger partial charge in [0, 0.05) is 25.3 Å². The van der Waals surface area contributed by atoms with Crippen LogP contribution in [0.4, 0.5) is 13.2 Å². The van der Waals surface area contributed by atoms with Crippen molar-refractivity contribution in [2.75, 3.05) is 6.54 Å². The standard InChI is InChI=1S/C11H18F3N3O/c1-3-8(2)17-5-4-9(16-17)6-15-7-10(18)11(12,13)14/h4-5,8,10,15,18H,3,6-7H2,1-2H3. The first kappa shape index (κ1) is 15.0. The SMILES string of the molecule is CCC(C)n1ccc(CNCC(O)C(F)(F)F)n1. The van der Waals surface area contributed by atoms with Gasteiger partial charge in [0.2, 0.25) is 0 Å². The molecule has 18 heavy (non-hydrogen) atoms. The van der Waals surface area contributed by atoms with E-state index in [0.717, 1.165) is 6.42 Å². The molecule has 104 valence electrons. The molecule has 2 N–H and O–H groups in total. The average Bonchev–Trinajstić information content (AvgIpc) is 2.75. The zero-order valence-corrected chi connectivity index (χ0v) is 10.4. The summed E-state index contributed by atoms with van der Waals surface area (Å²) in [7, 11) is 0.